The third-order valence-electron chi connectivity index (χ3n) is 7.74. The van der Waals surface area contributed by atoms with E-state index in [2.05, 4.69) is 116 Å². The molecule has 0 spiro atoms. The molecule has 4 nitrogen and oxygen atoms in total. The Balaban J connectivity index is 1.54. The lowest BCUT2D eigenvalue weighted by molar-refractivity contribution is 0.227. The summed E-state index contributed by atoms with van der Waals surface area (Å²) in [6.45, 7) is 5.86. The summed E-state index contributed by atoms with van der Waals surface area (Å²) in [5.41, 5.74) is 0. The zero-order valence-electron chi connectivity index (χ0n) is 23.5. The largest absolute Gasteiger partial charge is 0.406 e. The summed E-state index contributed by atoms with van der Waals surface area (Å²) in [5.74, 6) is 0. The Morgan fingerprint density at radius 1 is 0.462 bits per heavy atom. The number of hydrogen-bond donors (Lipinski definition) is 0. The van der Waals surface area contributed by atoms with Crippen LogP contribution in [0, 0.1) is 0 Å². The lowest BCUT2D eigenvalue weighted by Gasteiger charge is -2.34. The Kier molecular flexibility index (Phi) is 10.3. The summed E-state index contributed by atoms with van der Waals surface area (Å²) in [6, 6.07) is 44.0. The number of benzene rings is 4. The van der Waals surface area contributed by atoms with Gasteiger partial charge in [0, 0.05) is 27.4 Å². The van der Waals surface area contributed by atoms with Crippen LogP contribution in [-0.4, -0.2) is 52.6 Å². The number of rotatable bonds is 14. The molecule has 7 heteroatoms. The van der Waals surface area contributed by atoms with Gasteiger partial charge in [0.15, 0.2) is 0 Å². The average Bonchev–Trinajstić information content (AvgIpc) is 3.01. The van der Waals surface area contributed by atoms with Crippen molar-refractivity contribution in [3.8, 4) is 0 Å². The Morgan fingerprint density at radius 3 is 1.26 bits per heavy atom. The van der Waals surface area contributed by atoms with Crippen LogP contribution in [0.25, 0.3) is 0 Å². The fraction of sp³-hybridized carbons (Fsp3) is 0.250. The minimum absolute atomic E-state index is 0.624. The summed E-state index contributed by atoms with van der Waals surface area (Å²) >= 11 is 0. The van der Waals surface area contributed by atoms with Crippen LogP contribution in [0.5, 0.6) is 0 Å². The summed E-state index contributed by atoms with van der Waals surface area (Å²) in [5, 5.41) is 4.81. The van der Waals surface area contributed by atoms with E-state index in [4.69, 9.17) is 17.7 Å². The Bertz CT molecular complexity index is 1220. The minimum Gasteiger partial charge on any atom is -0.394 e. The summed E-state index contributed by atoms with van der Waals surface area (Å²) in [6.07, 6.45) is 0. The molecular weight excluding hydrogens is 533 g/mol. The standard InChI is InChI=1S/C32H40O4Si3/c1-33-38(4,30-19-11-6-12-20-30)35-25-27-37(3,29-17-9-5-10-18-29)28-26-36-39(34-2,31-21-13-7-14-22-31)32-23-15-8-16-24-32/h5-24H,25-28H2,1-4H3. The highest BCUT2D eigenvalue weighted by Crippen LogP contribution is 2.20. The highest BCUT2D eigenvalue weighted by molar-refractivity contribution is 6.93. The smallest absolute Gasteiger partial charge is 0.394 e. The first kappa shape index (κ1) is 29.4. The molecule has 2 atom stereocenters. The van der Waals surface area contributed by atoms with E-state index in [9.17, 15) is 0 Å². The van der Waals surface area contributed by atoms with Gasteiger partial charge in [-0.3, -0.25) is 0 Å². The predicted octanol–water partition coefficient (Wildman–Crippen LogP) is 4.53. The van der Waals surface area contributed by atoms with Gasteiger partial charge >= 0.3 is 17.1 Å². The maximum absolute atomic E-state index is 6.90. The predicted molar refractivity (Wildman–Crippen MR) is 169 cm³/mol. The maximum Gasteiger partial charge on any atom is 0.406 e. The van der Waals surface area contributed by atoms with E-state index in [1.54, 1.807) is 14.2 Å². The second-order valence-electron chi connectivity index (χ2n) is 10.2. The molecule has 0 heterocycles. The first-order chi connectivity index (χ1) is 19.0. The van der Waals surface area contributed by atoms with Gasteiger partial charge in [-0.15, -0.1) is 0 Å². The molecule has 0 amide bonds. The van der Waals surface area contributed by atoms with Gasteiger partial charge in [0.05, 0.1) is 8.07 Å². The summed E-state index contributed by atoms with van der Waals surface area (Å²) in [4.78, 5) is 0. The fourth-order valence-electron chi connectivity index (χ4n) is 5.09. The van der Waals surface area contributed by atoms with E-state index in [0.29, 0.717) is 13.2 Å². The highest BCUT2D eigenvalue weighted by Gasteiger charge is 2.43. The Morgan fingerprint density at radius 2 is 0.846 bits per heavy atom. The van der Waals surface area contributed by atoms with Crippen LogP contribution < -0.4 is 20.7 Å². The monoisotopic (exact) mass is 572 g/mol. The van der Waals surface area contributed by atoms with Crippen LogP contribution in [0.4, 0.5) is 0 Å². The lowest BCUT2D eigenvalue weighted by atomic mass is 10.4. The van der Waals surface area contributed by atoms with Gasteiger partial charge in [0.1, 0.15) is 0 Å². The SMILES string of the molecule is CO[Si](C)(OCC[Si](C)(CCO[Si](OC)(c1ccccc1)c1ccccc1)c1ccccc1)c1ccccc1. The summed E-state index contributed by atoms with van der Waals surface area (Å²) < 4.78 is 25.8. The first-order valence-electron chi connectivity index (χ1n) is 13.6. The van der Waals surface area contributed by atoms with E-state index in [1.807, 2.05) is 18.2 Å². The van der Waals surface area contributed by atoms with Gasteiger partial charge in [-0.2, -0.15) is 0 Å². The average molecular weight is 573 g/mol. The van der Waals surface area contributed by atoms with Crippen molar-refractivity contribution in [2.75, 3.05) is 27.4 Å². The summed E-state index contributed by atoms with van der Waals surface area (Å²) in [7, 11) is -3.75. The van der Waals surface area contributed by atoms with Gasteiger partial charge in [-0.25, -0.2) is 0 Å². The van der Waals surface area contributed by atoms with E-state index in [-0.39, 0.29) is 0 Å². The molecule has 0 aliphatic rings. The molecule has 0 aliphatic heterocycles. The molecule has 0 aliphatic carbocycles. The van der Waals surface area contributed by atoms with Crippen molar-refractivity contribution >= 4 is 45.9 Å². The molecule has 204 valence electrons. The molecule has 0 saturated heterocycles. The topological polar surface area (TPSA) is 36.9 Å². The molecular formula is C32H40O4Si3. The fourth-order valence-corrected chi connectivity index (χ4v) is 13.1. The molecule has 39 heavy (non-hydrogen) atoms. The molecule has 0 aromatic heterocycles. The van der Waals surface area contributed by atoms with Crippen LogP contribution >= 0.6 is 0 Å². The van der Waals surface area contributed by atoms with Gasteiger partial charge < -0.3 is 17.7 Å². The maximum atomic E-state index is 6.90. The van der Waals surface area contributed by atoms with Crippen molar-refractivity contribution in [3.05, 3.63) is 121 Å². The second kappa shape index (κ2) is 13.6. The minimum atomic E-state index is -2.86. The van der Waals surface area contributed by atoms with Crippen LogP contribution in [0.1, 0.15) is 0 Å². The first-order valence-corrected chi connectivity index (χ1v) is 20.6. The van der Waals surface area contributed by atoms with Gasteiger partial charge in [0.25, 0.3) is 0 Å². The van der Waals surface area contributed by atoms with Crippen LogP contribution in [0.3, 0.4) is 0 Å². The molecule has 0 fully saturated rings. The van der Waals surface area contributed by atoms with Gasteiger partial charge in [-0.1, -0.05) is 133 Å². The Labute approximate surface area is 237 Å². The molecule has 4 aromatic rings. The zero-order valence-corrected chi connectivity index (χ0v) is 26.5. The Hall–Kier alpha value is -2.63. The van der Waals surface area contributed by atoms with E-state index in [0.717, 1.165) is 27.6 Å². The van der Waals surface area contributed by atoms with Crippen molar-refractivity contribution in [2.45, 2.75) is 25.2 Å². The second-order valence-corrected chi connectivity index (χ2v) is 21.1. The van der Waals surface area contributed by atoms with Crippen molar-refractivity contribution in [1.29, 1.82) is 0 Å². The lowest BCUT2D eigenvalue weighted by Crippen LogP contribution is -2.63. The van der Waals surface area contributed by atoms with Crippen LogP contribution in [0.15, 0.2) is 121 Å². The van der Waals surface area contributed by atoms with Crippen molar-refractivity contribution < 1.29 is 17.7 Å². The van der Waals surface area contributed by atoms with Crippen molar-refractivity contribution in [3.63, 3.8) is 0 Å². The molecule has 4 rings (SSSR count). The molecule has 0 N–H and O–H groups in total. The normalized spacial score (nSPS) is 14.9. The van der Waals surface area contributed by atoms with E-state index >= 15 is 0 Å². The quantitative estimate of drug-likeness (QED) is 0.208. The number of hydrogen-bond acceptors (Lipinski definition) is 4. The molecule has 2 unspecified atom stereocenters. The molecule has 0 bridgehead atoms. The van der Waals surface area contributed by atoms with E-state index in [1.165, 1.54) is 5.19 Å². The third-order valence-corrected chi connectivity index (χ3v) is 18.4. The molecule has 0 radical (unpaired) electrons. The molecule has 4 aromatic carbocycles. The third kappa shape index (κ3) is 6.93. The zero-order chi connectivity index (χ0) is 27.6. The van der Waals surface area contributed by atoms with Crippen LogP contribution in [0.2, 0.25) is 25.2 Å². The highest BCUT2D eigenvalue weighted by atomic mass is 28.4. The van der Waals surface area contributed by atoms with Crippen molar-refractivity contribution in [1.82, 2.24) is 0 Å². The van der Waals surface area contributed by atoms with Crippen LogP contribution in [-0.2, 0) is 17.7 Å². The van der Waals surface area contributed by atoms with E-state index < -0.39 is 25.2 Å². The van der Waals surface area contributed by atoms with Crippen molar-refractivity contribution in [2.24, 2.45) is 0 Å². The van der Waals surface area contributed by atoms with Gasteiger partial charge in [-0.05, 0) is 34.2 Å². The van der Waals surface area contributed by atoms with Gasteiger partial charge in [0.2, 0.25) is 0 Å². The molecule has 0 saturated carbocycles.